The van der Waals surface area contributed by atoms with Gasteiger partial charge in [-0.15, -0.1) is 0 Å². The van der Waals surface area contributed by atoms with Crippen molar-refractivity contribution in [3.8, 4) is 5.75 Å². The molecule has 1 unspecified atom stereocenters. The first-order valence-electron chi connectivity index (χ1n) is 7.58. The molecule has 114 valence electrons. The number of methoxy groups -OCH3 is 1. The minimum Gasteiger partial charge on any atom is -0.493 e. The van der Waals surface area contributed by atoms with Crippen LogP contribution in [0.4, 0.5) is 0 Å². The Morgan fingerprint density at radius 1 is 1.29 bits per heavy atom. The fraction of sp³-hybridized carbons (Fsp3) is 0.471. The molecule has 0 bridgehead atoms. The standard InChI is InChI=1S/C17H24N2O2/c1-3-12-19-17(16(21-2)13-18-19)15(20)11-7-10-14-8-5-4-6-9-14/h4-6,8-9,13,15,20H,3,7,10-12H2,1-2H3. The number of rotatable bonds is 8. The summed E-state index contributed by atoms with van der Waals surface area (Å²) < 4.78 is 7.17. The number of aliphatic hydroxyl groups is 1. The SMILES string of the molecule is CCCn1ncc(OC)c1C(O)CCCc1ccccc1. The van der Waals surface area contributed by atoms with Gasteiger partial charge >= 0.3 is 0 Å². The van der Waals surface area contributed by atoms with Gasteiger partial charge in [0.25, 0.3) is 0 Å². The summed E-state index contributed by atoms with van der Waals surface area (Å²) in [6.07, 6.45) is 4.76. The first-order valence-corrected chi connectivity index (χ1v) is 7.58. The predicted molar refractivity (Wildman–Crippen MR) is 83.4 cm³/mol. The molecule has 4 nitrogen and oxygen atoms in total. The van der Waals surface area contributed by atoms with Gasteiger partial charge in [-0.3, -0.25) is 4.68 Å². The van der Waals surface area contributed by atoms with E-state index >= 15 is 0 Å². The van der Waals surface area contributed by atoms with Crippen molar-refractivity contribution in [3.63, 3.8) is 0 Å². The summed E-state index contributed by atoms with van der Waals surface area (Å²) in [6.45, 7) is 2.90. The summed E-state index contributed by atoms with van der Waals surface area (Å²) in [6, 6.07) is 10.4. The van der Waals surface area contributed by atoms with Crippen LogP contribution >= 0.6 is 0 Å². The lowest BCUT2D eigenvalue weighted by Gasteiger charge is -2.14. The molecule has 0 fully saturated rings. The average molecular weight is 288 g/mol. The number of aromatic nitrogens is 2. The molecule has 1 aromatic carbocycles. The zero-order chi connectivity index (χ0) is 15.1. The van der Waals surface area contributed by atoms with Crippen molar-refractivity contribution in [2.45, 2.75) is 45.3 Å². The van der Waals surface area contributed by atoms with Crippen LogP contribution < -0.4 is 4.74 Å². The van der Waals surface area contributed by atoms with E-state index in [9.17, 15) is 5.11 Å². The molecular weight excluding hydrogens is 264 g/mol. The van der Waals surface area contributed by atoms with Crippen molar-refractivity contribution >= 4 is 0 Å². The van der Waals surface area contributed by atoms with Crippen LogP contribution in [0.5, 0.6) is 5.75 Å². The van der Waals surface area contributed by atoms with Crippen molar-refractivity contribution in [1.82, 2.24) is 9.78 Å². The van der Waals surface area contributed by atoms with Gasteiger partial charge in [-0.25, -0.2) is 0 Å². The molecule has 0 amide bonds. The molecule has 4 heteroatoms. The third kappa shape index (κ3) is 4.08. The maximum Gasteiger partial charge on any atom is 0.162 e. The highest BCUT2D eigenvalue weighted by Crippen LogP contribution is 2.28. The molecule has 21 heavy (non-hydrogen) atoms. The Hall–Kier alpha value is -1.81. The average Bonchev–Trinajstić information content (AvgIpc) is 2.91. The van der Waals surface area contributed by atoms with Crippen molar-refractivity contribution in [3.05, 3.63) is 47.8 Å². The minimum absolute atomic E-state index is 0.530. The van der Waals surface area contributed by atoms with Crippen LogP contribution in [0, 0.1) is 0 Å². The van der Waals surface area contributed by atoms with Gasteiger partial charge in [0.05, 0.1) is 19.4 Å². The lowest BCUT2D eigenvalue weighted by molar-refractivity contribution is 0.149. The topological polar surface area (TPSA) is 47.3 Å². The quantitative estimate of drug-likeness (QED) is 0.810. The fourth-order valence-electron chi connectivity index (χ4n) is 2.54. The number of nitrogens with zero attached hydrogens (tertiary/aromatic N) is 2. The number of aliphatic hydroxyl groups excluding tert-OH is 1. The molecule has 0 spiro atoms. The second-order valence-electron chi connectivity index (χ2n) is 5.21. The molecule has 1 aromatic heterocycles. The largest absolute Gasteiger partial charge is 0.493 e. The smallest absolute Gasteiger partial charge is 0.162 e. The predicted octanol–water partition coefficient (Wildman–Crippen LogP) is 3.36. The number of hydrogen-bond donors (Lipinski definition) is 1. The maximum absolute atomic E-state index is 10.5. The molecule has 0 radical (unpaired) electrons. The molecule has 1 atom stereocenters. The van der Waals surface area contributed by atoms with E-state index in [1.807, 2.05) is 22.9 Å². The van der Waals surface area contributed by atoms with Crippen molar-refractivity contribution in [2.24, 2.45) is 0 Å². The number of aryl methyl sites for hydroxylation is 2. The Morgan fingerprint density at radius 2 is 2.05 bits per heavy atom. The van der Waals surface area contributed by atoms with Crippen LogP contribution in [0.1, 0.15) is 43.5 Å². The van der Waals surface area contributed by atoms with Crippen LogP contribution in [0.2, 0.25) is 0 Å². The highest BCUT2D eigenvalue weighted by Gasteiger charge is 2.19. The van der Waals surface area contributed by atoms with Gasteiger partial charge in [-0.1, -0.05) is 37.3 Å². The molecule has 0 aliphatic heterocycles. The number of hydrogen-bond acceptors (Lipinski definition) is 3. The van der Waals surface area contributed by atoms with Crippen molar-refractivity contribution in [1.29, 1.82) is 0 Å². The summed E-state index contributed by atoms with van der Waals surface area (Å²) in [5.41, 5.74) is 2.10. The highest BCUT2D eigenvalue weighted by molar-refractivity contribution is 5.27. The Kier molecular flexibility index (Phi) is 5.81. The van der Waals surface area contributed by atoms with E-state index in [2.05, 4.69) is 24.2 Å². The third-order valence-corrected chi connectivity index (χ3v) is 3.60. The van der Waals surface area contributed by atoms with Gasteiger partial charge < -0.3 is 9.84 Å². The van der Waals surface area contributed by atoms with E-state index in [1.54, 1.807) is 13.3 Å². The van der Waals surface area contributed by atoms with E-state index in [-0.39, 0.29) is 0 Å². The third-order valence-electron chi connectivity index (χ3n) is 3.60. The molecule has 0 saturated carbocycles. The Balaban J connectivity index is 1.96. The van der Waals surface area contributed by atoms with Gasteiger partial charge in [0.2, 0.25) is 0 Å². The normalized spacial score (nSPS) is 12.3. The van der Waals surface area contributed by atoms with E-state index in [4.69, 9.17) is 4.74 Å². The lowest BCUT2D eigenvalue weighted by atomic mass is 10.0. The van der Waals surface area contributed by atoms with E-state index in [0.717, 1.165) is 31.5 Å². The van der Waals surface area contributed by atoms with Gasteiger partial charge in [0, 0.05) is 6.54 Å². The van der Waals surface area contributed by atoms with Crippen molar-refractivity contribution < 1.29 is 9.84 Å². The minimum atomic E-state index is -0.530. The van der Waals surface area contributed by atoms with E-state index in [1.165, 1.54) is 5.56 Å². The fourth-order valence-corrected chi connectivity index (χ4v) is 2.54. The molecule has 2 rings (SSSR count). The van der Waals surface area contributed by atoms with Crippen molar-refractivity contribution in [2.75, 3.05) is 7.11 Å². The van der Waals surface area contributed by atoms with E-state index in [0.29, 0.717) is 12.2 Å². The maximum atomic E-state index is 10.5. The summed E-state index contributed by atoms with van der Waals surface area (Å²) in [7, 11) is 1.62. The van der Waals surface area contributed by atoms with Crippen LogP contribution in [0.25, 0.3) is 0 Å². The molecule has 2 aromatic rings. The Bertz CT molecular complexity index is 537. The number of benzene rings is 1. The summed E-state index contributed by atoms with van der Waals surface area (Å²) in [5.74, 6) is 0.677. The van der Waals surface area contributed by atoms with Crippen LogP contribution in [-0.4, -0.2) is 22.0 Å². The second kappa shape index (κ2) is 7.84. The Morgan fingerprint density at radius 3 is 2.71 bits per heavy atom. The second-order valence-corrected chi connectivity index (χ2v) is 5.21. The monoisotopic (exact) mass is 288 g/mol. The van der Waals surface area contributed by atoms with Crippen LogP contribution in [0.15, 0.2) is 36.5 Å². The summed E-state index contributed by atoms with van der Waals surface area (Å²) in [5, 5.41) is 14.8. The molecular formula is C17H24N2O2. The van der Waals surface area contributed by atoms with Gasteiger partial charge in [-0.2, -0.15) is 5.10 Å². The zero-order valence-electron chi connectivity index (χ0n) is 12.8. The van der Waals surface area contributed by atoms with Gasteiger partial charge in [0.15, 0.2) is 5.75 Å². The molecule has 0 aliphatic carbocycles. The van der Waals surface area contributed by atoms with Gasteiger partial charge in [-0.05, 0) is 31.2 Å². The molecule has 1 heterocycles. The molecule has 0 saturated heterocycles. The van der Waals surface area contributed by atoms with Crippen LogP contribution in [0.3, 0.4) is 0 Å². The zero-order valence-corrected chi connectivity index (χ0v) is 12.8. The van der Waals surface area contributed by atoms with E-state index < -0.39 is 6.10 Å². The Labute approximate surface area is 126 Å². The number of ether oxygens (including phenoxy) is 1. The summed E-state index contributed by atoms with van der Waals surface area (Å²) >= 11 is 0. The lowest BCUT2D eigenvalue weighted by Crippen LogP contribution is -2.10. The summed E-state index contributed by atoms with van der Waals surface area (Å²) in [4.78, 5) is 0. The van der Waals surface area contributed by atoms with Crippen LogP contribution in [-0.2, 0) is 13.0 Å². The molecule has 1 N–H and O–H groups in total. The first kappa shape index (κ1) is 15.6. The van der Waals surface area contributed by atoms with Gasteiger partial charge in [0.1, 0.15) is 5.69 Å². The highest BCUT2D eigenvalue weighted by atomic mass is 16.5. The molecule has 0 aliphatic rings. The first-order chi connectivity index (χ1) is 10.3.